The molecule has 0 aliphatic rings. The molecule has 4 rings (SSSR count). The third-order valence-electron chi connectivity index (χ3n) is 5.70. The molecule has 4 aromatic rings. The number of rotatable bonds is 8. The summed E-state index contributed by atoms with van der Waals surface area (Å²) in [7, 11) is 1.69. The maximum absolute atomic E-state index is 13.7. The molecule has 2 heterocycles. The number of fused-ring (bicyclic) bond motifs is 1. The fourth-order valence-corrected chi connectivity index (χ4v) is 3.87. The number of halogens is 2. The molecular weight excluding hydrogens is 452 g/mol. The molecule has 1 amide bonds. The van der Waals surface area contributed by atoms with Gasteiger partial charge in [0.25, 0.3) is 5.91 Å². The second-order valence-corrected chi connectivity index (χ2v) is 8.97. The van der Waals surface area contributed by atoms with Crippen molar-refractivity contribution in [3.8, 4) is 0 Å². The number of amides is 1. The van der Waals surface area contributed by atoms with E-state index in [1.807, 2.05) is 30.3 Å². The lowest BCUT2D eigenvalue weighted by Gasteiger charge is -2.27. The lowest BCUT2D eigenvalue weighted by Crippen LogP contribution is -2.29. The van der Waals surface area contributed by atoms with E-state index in [0.717, 1.165) is 23.3 Å². The molecule has 1 N–H and O–H groups in total. The summed E-state index contributed by atoms with van der Waals surface area (Å²) in [5.74, 6) is -0.832. The maximum atomic E-state index is 13.7. The molecule has 2 aromatic heterocycles. The van der Waals surface area contributed by atoms with Crippen molar-refractivity contribution in [3.63, 3.8) is 0 Å². The van der Waals surface area contributed by atoms with Gasteiger partial charge in [0.1, 0.15) is 40.8 Å². The van der Waals surface area contributed by atoms with Crippen LogP contribution in [0.2, 0.25) is 0 Å². The monoisotopic (exact) mass is 477 g/mol. The molecule has 0 saturated heterocycles. The van der Waals surface area contributed by atoms with Crippen LogP contribution in [0.3, 0.4) is 0 Å². The second kappa shape index (κ2) is 9.66. The van der Waals surface area contributed by atoms with Crippen LogP contribution in [-0.4, -0.2) is 24.2 Å². The Kier molecular flexibility index (Phi) is 6.64. The lowest BCUT2D eigenvalue weighted by molar-refractivity contribution is -0.111. The van der Waals surface area contributed by atoms with Crippen molar-refractivity contribution in [2.75, 3.05) is 11.9 Å². The van der Waals surface area contributed by atoms with E-state index in [4.69, 9.17) is 4.42 Å². The van der Waals surface area contributed by atoms with Crippen LogP contribution in [0.4, 0.5) is 14.6 Å². The van der Waals surface area contributed by atoms with E-state index in [2.05, 4.69) is 10.3 Å². The summed E-state index contributed by atoms with van der Waals surface area (Å²) < 4.78 is 33.1. The Bertz CT molecular complexity index is 1340. The molecule has 0 unspecified atom stereocenters. The van der Waals surface area contributed by atoms with E-state index < -0.39 is 23.0 Å². The highest BCUT2D eigenvalue weighted by Gasteiger charge is 2.27. The predicted octanol–water partition coefficient (Wildman–Crippen LogP) is 5.15. The minimum atomic E-state index is -0.896. The number of furan rings is 1. The molecule has 0 spiro atoms. The minimum absolute atomic E-state index is 0.119. The smallest absolute Gasteiger partial charge is 0.270 e. The van der Waals surface area contributed by atoms with Gasteiger partial charge in [0.2, 0.25) is 0 Å². The Morgan fingerprint density at radius 3 is 2.49 bits per heavy atom. The number of benzene rings is 2. The zero-order valence-electron chi connectivity index (χ0n) is 19.6. The van der Waals surface area contributed by atoms with Crippen molar-refractivity contribution in [1.29, 1.82) is 0 Å². The number of aldehydes is 1. The van der Waals surface area contributed by atoms with Crippen molar-refractivity contribution in [1.82, 2.24) is 10.3 Å². The predicted molar refractivity (Wildman–Crippen MR) is 129 cm³/mol. The van der Waals surface area contributed by atoms with Gasteiger partial charge in [-0.2, -0.15) is 0 Å². The Hall–Kier alpha value is -4.07. The van der Waals surface area contributed by atoms with Crippen LogP contribution in [0.15, 0.2) is 65.1 Å². The van der Waals surface area contributed by atoms with Crippen LogP contribution in [-0.2, 0) is 23.3 Å². The van der Waals surface area contributed by atoms with E-state index in [9.17, 15) is 18.4 Å². The fourth-order valence-electron chi connectivity index (χ4n) is 3.87. The first-order valence-electron chi connectivity index (χ1n) is 11.1. The zero-order valence-corrected chi connectivity index (χ0v) is 19.6. The summed E-state index contributed by atoms with van der Waals surface area (Å²) in [5.41, 5.74) is 0.946. The van der Waals surface area contributed by atoms with Crippen molar-refractivity contribution >= 4 is 29.0 Å². The number of carbonyl (C=O) groups is 2. The molecule has 0 fully saturated rings. The lowest BCUT2D eigenvalue weighted by atomic mass is 9.86. The molecule has 0 bridgehead atoms. The standard InChI is InChI=1S/C27H25F2N3O3/c1-27(2,16-33)22-8-9-23(26(34)30-14-21-12-18-6-4-5-7-24(18)35-21)31-25(22)32(3)15-17-10-19(28)13-20(29)11-17/h4-13,16H,14-15H2,1-3H3,(H,30,34). The number of aromatic nitrogens is 1. The van der Waals surface area contributed by atoms with Gasteiger partial charge in [-0.1, -0.05) is 24.3 Å². The number of hydrogen-bond donors (Lipinski definition) is 1. The average Bonchev–Trinajstić information content (AvgIpc) is 3.24. The molecule has 0 aliphatic heterocycles. The van der Waals surface area contributed by atoms with Crippen LogP contribution < -0.4 is 10.2 Å². The first-order valence-corrected chi connectivity index (χ1v) is 11.1. The van der Waals surface area contributed by atoms with Gasteiger partial charge in [-0.3, -0.25) is 4.79 Å². The van der Waals surface area contributed by atoms with E-state index in [1.54, 1.807) is 37.9 Å². The SMILES string of the molecule is CN(Cc1cc(F)cc(F)c1)c1nc(C(=O)NCc2cc3ccccc3o2)ccc1C(C)(C)C=O. The minimum Gasteiger partial charge on any atom is -0.459 e. The van der Waals surface area contributed by atoms with Gasteiger partial charge in [-0.25, -0.2) is 13.8 Å². The molecule has 0 saturated carbocycles. The first kappa shape index (κ1) is 24.1. The molecule has 8 heteroatoms. The van der Waals surface area contributed by atoms with Crippen LogP contribution in [0.25, 0.3) is 11.0 Å². The number of nitrogens with zero attached hydrogens (tertiary/aromatic N) is 2. The highest BCUT2D eigenvalue weighted by molar-refractivity contribution is 5.93. The van der Waals surface area contributed by atoms with Crippen LogP contribution in [0, 0.1) is 11.6 Å². The van der Waals surface area contributed by atoms with Crippen molar-refractivity contribution in [3.05, 3.63) is 94.9 Å². The van der Waals surface area contributed by atoms with Crippen LogP contribution >= 0.6 is 0 Å². The van der Waals surface area contributed by atoms with Crippen molar-refractivity contribution < 1.29 is 22.8 Å². The fraction of sp³-hybridized carbons (Fsp3) is 0.222. The van der Waals surface area contributed by atoms with E-state index >= 15 is 0 Å². The number of para-hydroxylation sites is 1. The summed E-state index contributed by atoms with van der Waals surface area (Å²) in [6, 6.07) is 15.9. The topological polar surface area (TPSA) is 75.4 Å². The largest absolute Gasteiger partial charge is 0.459 e. The molecule has 6 nitrogen and oxygen atoms in total. The van der Waals surface area contributed by atoms with Gasteiger partial charge in [0.15, 0.2) is 0 Å². The van der Waals surface area contributed by atoms with Crippen molar-refractivity contribution in [2.24, 2.45) is 0 Å². The maximum Gasteiger partial charge on any atom is 0.270 e. The third-order valence-corrected chi connectivity index (χ3v) is 5.70. The Balaban J connectivity index is 1.59. The molecule has 0 radical (unpaired) electrons. The van der Waals surface area contributed by atoms with Gasteiger partial charge < -0.3 is 19.4 Å². The summed E-state index contributed by atoms with van der Waals surface area (Å²) in [4.78, 5) is 30.8. The van der Waals surface area contributed by atoms with E-state index in [0.29, 0.717) is 22.7 Å². The van der Waals surface area contributed by atoms with Crippen LogP contribution in [0.5, 0.6) is 0 Å². The van der Waals surface area contributed by atoms with Crippen LogP contribution in [0.1, 0.15) is 41.2 Å². The average molecular weight is 478 g/mol. The Labute approximate surface area is 201 Å². The third kappa shape index (κ3) is 5.37. The summed E-state index contributed by atoms with van der Waals surface area (Å²) in [5, 5.41) is 3.73. The molecule has 2 aromatic carbocycles. The quantitative estimate of drug-likeness (QED) is 0.355. The number of pyridine rings is 1. The number of carbonyl (C=O) groups excluding carboxylic acids is 2. The first-order chi connectivity index (χ1) is 16.7. The number of anilines is 1. The number of hydrogen-bond acceptors (Lipinski definition) is 5. The summed E-state index contributed by atoms with van der Waals surface area (Å²) >= 11 is 0. The summed E-state index contributed by atoms with van der Waals surface area (Å²) in [6.45, 7) is 3.76. The van der Waals surface area contributed by atoms with E-state index in [-0.39, 0.29) is 18.8 Å². The van der Waals surface area contributed by atoms with Crippen molar-refractivity contribution in [2.45, 2.75) is 32.4 Å². The highest BCUT2D eigenvalue weighted by Crippen LogP contribution is 2.30. The highest BCUT2D eigenvalue weighted by atomic mass is 19.1. The van der Waals surface area contributed by atoms with Gasteiger partial charge in [-0.15, -0.1) is 0 Å². The Morgan fingerprint density at radius 2 is 1.80 bits per heavy atom. The molecule has 0 atom stereocenters. The Morgan fingerprint density at radius 1 is 1.09 bits per heavy atom. The normalized spacial score (nSPS) is 11.5. The summed E-state index contributed by atoms with van der Waals surface area (Å²) in [6.07, 6.45) is 0.796. The van der Waals surface area contributed by atoms with Gasteiger partial charge in [-0.05, 0) is 49.7 Å². The number of nitrogens with one attached hydrogen (secondary N) is 1. The van der Waals surface area contributed by atoms with Gasteiger partial charge in [0, 0.05) is 36.0 Å². The molecule has 35 heavy (non-hydrogen) atoms. The molecule has 180 valence electrons. The van der Waals surface area contributed by atoms with Gasteiger partial charge >= 0.3 is 0 Å². The zero-order chi connectivity index (χ0) is 25.2. The second-order valence-electron chi connectivity index (χ2n) is 8.97. The molecule has 0 aliphatic carbocycles. The van der Waals surface area contributed by atoms with E-state index in [1.165, 1.54) is 12.1 Å². The van der Waals surface area contributed by atoms with Gasteiger partial charge in [0.05, 0.1) is 6.54 Å². The molecular formula is C27H25F2N3O3.